The summed E-state index contributed by atoms with van der Waals surface area (Å²) in [6.45, 7) is 7.59. The van der Waals surface area contributed by atoms with Crippen LogP contribution in [0, 0.1) is 0 Å². The summed E-state index contributed by atoms with van der Waals surface area (Å²) in [5.41, 5.74) is 0.125. The molecule has 0 radical (unpaired) electrons. The second-order valence-electron chi connectivity index (χ2n) is 6.33. The highest BCUT2D eigenvalue weighted by molar-refractivity contribution is 7.85. The van der Waals surface area contributed by atoms with Crippen molar-refractivity contribution in [1.29, 1.82) is 0 Å². The minimum absolute atomic E-state index is 0.0162. The quantitative estimate of drug-likeness (QED) is 0.562. The van der Waals surface area contributed by atoms with Gasteiger partial charge in [-0.3, -0.25) is 4.21 Å². The number of hydrogen-bond donors (Lipinski definition) is 0. The molecule has 0 aliphatic carbocycles. The molecule has 154 valence electrons. The molecule has 0 aromatic carbocycles. The van der Waals surface area contributed by atoms with Crippen LogP contribution in [0.1, 0.15) is 19.5 Å². The Morgan fingerprint density at radius 2 is 2.03 bits per heavy atom. The van der Waals surface area contributed by atoms with E-state index in [-0.39, 0.29) is 29.3 Å². The van der Waals surface area contributed by atoms with Crippen LogP contribution in [0.25, 0.3) is 22.7 Å². The zero-order valence-electron chi connectivity index (χ0n) is 15.9. The summed E-state index contributed by atoms with van der Waals surface area (Å²) in [5.74, 6) is 0.962. The van der Waals surface area contributed by atoms with Gasteiger partial charge in [0, 0.05) is 24.9 Å². The number of imidazole rings is 1. The number of aromatic nitrogens is 5. The number of aryl methyl sites for hydroxylation is 1. The summed E-state index contributed by atoms with van der Waals surface area (Å²) in [6.07, 6.45) is -3.19. The first-order valence-corrected chi connectivity index (χ1v) is 9.87. The SMILES string of the molecule is C=C(C)COc1cnc(-c2nc3cc(C(F)(F)F)nnc3n2C)c(S(=O)CC)c1. The molecule has 11 heteroatoms. The van der Waals surface area contributed by atoms with E-state index in [1.54, 1.807) is 20.0 Å². The number of rotatable bonds is 6. The van der Waals surface area contributed by atoms with Gasteiger partial charge in [0.1, 0.15) is 23.6 Å². The van der Waals surface area contributed by atoms with E-state index in [9.17, 15) is 17.4 Å². The molecule has 0 aliphatic heterocycles. The molecule has 7 nitrogen and oxygen atoms in total. The smallest absolute Gasteiger partial charge is 0.435 e. The maximum absolute atomic E-state index is 12.9. The van der Waals surface area contributed by atoms with Crippen LogP contribution in [0.4, 0.5) is 13.2 Å². The average Bonchev–Trinajstić information content (AvgIpc) is 3.00. The van der Waals surface area contributed by atoms with Gasteiger partial charge >= 0.3 is 6.18 Å². The van der Waals surface area contributed by atoms with E-state index in [4.69, 9.17) is 4.74 Å². The third-order valence-electron chi connectivity index (χ3n) is 3.94. The van der Waals surface area contributed by atoms with Gasteiger partial charge in [-0.15, -0.1) is 10.2 Å². The van der Waals surface area contributed by atoms with Crippen LogP contribution < -0.4 is 4.74 Å². The molecule has 3 aromatic rings. The Kier molecular flexibility index (Phi) is 5.69. The third kappa shape index (κ3) is 4.29. The molecule has 0 aliphatic rings. The van der Waals surface area contributed by atoms with Crippen molar-refractivity contribution in [1.82, 2.24) is 24.7 Å². The molecule has 0 saturated carbocycles. The van der Waals surface area contributed by atoms with Gasteiger partial charge in [0.15, 0.2) is 17.2 Å². The number of pyridine rings is 1. The van der Waals surface area contributed by atoms with E-state index in [1.165, 1.54) is 10.8 Å². The fraction of sp³-hybridized carbons (Fsp3) is 0.333. The van der Waals surface area contributed by atoms with Crippen LogP contribution in [0.5, 0.6) is 5.75 Å². The van der Waals surface area contributed by atoms with Gasteiger partial charge in [0.2, 0.25) is 0 Å². The second-order valence-corrected chi connectivity index (χ2v) is 8.04. The van der Waals surface area contributed by atoms with Crippen molar-refractivity contribution >= 4 is 22.0 Å². The Bertz CT molecular complexity index is 1110. The number of fused-ring (bicyclic) bond motifs is 1. The number of ether oxygens (including phenoxy) is 1. The molecule has 0 amide bonds. The Morgan fingerprint density at radius 3 is 2.66 bits per heavy atom. The molecule has 0 N–H and O–H groups in total. The average molecular weight is 425 g/mol. The van der Waals surface area contributed by atoms with Crippen molar-refractivity contribution < 1.29 is 22.1 Å². The maximum atomic E-state index is 12.9. The summed E-state index contributed by atoms with van der Waals surface area (Å²) < 4.78 is 58.4. The summed E-state index contributed by atoms with van der Waals surface area (Å²) in [5, 5.41) is 6.88. The molecule has 29 heavy (non-hydrogen) atoms. The number of hydrogen-bond acceptors (Lipinski definition) is 6. The van der Waals surface area contributed by atoms with Crippen molar-refractivity contribution in [3.8, 4) is 17.3 Å². The molecule has 3 rings (SSSR count). The largest absolute Gasteiger partial charge is 0.488 e. The molecule has 3 heterocycles. The first-order valence-electron chi connectivity index (χ1n) is 8.55. The van der Waals surface area contributed by atoms with Crippen LogP contribution >= 0.6 is 0 Å². The van der Waals surface area contributed by atoms with Gasteiger partial charge in [-0.2, -0.15) is 13.2 Å². The van der Waals surface area contributed by atoms with E-state index < -0.39 is 22.7 Å². The lowest BCUT2D eigenvalue weighted by Crippen LogP contribution is -2.09. The Labute approximate surface area is 167 Å². The summed E-state index contributed by atoms with van der Waals surface area (Å²) in [4.78, 5) is 8.94. The molecule has 0 spiro atoms. The standard InChI is InChI=1S/C18H18F3N5O2S/c1-5-29(27)13-6-11(28-9-10(2)3)8-22-15(13)17-23-12-7-14(18(19,20)21)24-25-16(12)26(17)4/h6-8H,2,5,9H2,1,3-4H3. The van der Waals surface area contributed by atoms with Gasteiger partial charge in [0.25, 0.3) is 0 Å². The predicted molar refractivity (Wildman–Crippen MR) is 102 cm³/mol. The molecule has 1 unspecified atom stereocenters. The molecule has 0 fully saturated rings. The fourth-order valence-electron chi connectivity index (χ4n) is 2.55. The van der Waals surface area contributed by atoms with E-state index in [2.05, 4.69) is 26.7 Å². The third-order valence-corrected chi connectivity index (χ3v) is 5.27. The van der Waals surface area contributed by atoms with Gasteiger partial charge < -0.3 is 9.30 Å². The van der Waals surface area contributed by atoms with Crippen LogP contribution in [-0.4, -0.2) is 41.3 Å². The Balaban J connectivity index is 2.13. The van der Waals surface area contributed by atoms with Crippen molar-refractivity contribution in [2.45, 2.75) is 24.9 Å². The van der Waals surface area contributed by atoms with Crippen molar-refractivity contribution in [3.63, 3.8) is 0 Å². The van der Waals surface area contributed by atoms with Gasteiger partial charge in [-0.05, 0) is 12.5 Å². The Morgan fingerprint density at radius 1 is 1.31 bits per heavy atom. The highest BCUT2D eigenvalue weighted by Crippen LogP contribution is 2.32. The number of nitrogens with zero attached hydrogens (tertiary/aromatic N) is 5. The number of halogens is 3. The lowest BCUT2D eigenvalue weighted by Gasteiger charge is -2.11. The van der Waals surface area contributed by atoms with Crippen LogP contribution in [0.2, 0.25) is 0 Å². The molecule has 0 saturated heterocycles. The van der Waals surface area contributed by atoms with Crippen molar-refractivity contribution in [2.75, 3.05) is 12.4 Å². The van der Waals surface area contributed by atoms with E-state index in [1.807, 2.05) is 6.92 Å². The monoisotopic (exact) mass is 425 g/mol. The minimum Gasteiger partial charge on any atom is -0.488 e. The van der Waals surface area contributed by atoms with Crippen LogP contribution in [0.15, 0.2) is 35.4 Å². The van der Waals surface area contributed by atoms with Gasteiger partial charge in [-0.1, -0.05) is 13.5 Å². The van der Waals surface area contributed by atoms with E-state index in [0.717, 1.165) is 11.6 Å². The summed E-state index contributed by atoms with van der Waals surface area (Å²) in [6, 6.07) is 2.42. The number of alkyl halides is 3. The predicted octanol–water partition coefficient (Wildman–Crippen LogP) is 3.53. The minimum atomic E-state index is -4.63. The Hall–Kier alpha value is -2.82. The first-order chi connectivity index (χ1) is 13.6. The van der Waals surface area contributed by atoms with Crippen LogP contribution in [-0.2, 0) is 24.0 Å². The topological polar surface area (TPSA) is 82.8 Å². The highest BCUT2D eigenvalue weighted by Gasteiger charge is 2.34. The van der Waals surface area contributed by atoms with Crippen LogP contribution in [0.3, 0.4) is 0 Å². The fourth-order valence-corrected chi connectivity index (χ4v) is 3.46. The van der Waals surface area contributed by atoms with E-state index >= 15 is 0 Å². The molecule has 1 atom stereocenters. The lowest BCUT2D eigenvalue weighted by molar-refractivity contribution is -0.141. The zero-order chi connectivity index (χ0) is 21.3. The maximum Gasteiger partial charge on any atom is 0.435 e. The van der Waals surface area contributed by atoms with E-state index in [0.29, 0.717) is 16.4 Å². The van der Waals surface area contributed by atoms with Crippen molar-refractivity contribution in [2.24, 2.45) is 7.05 Å². The molecular formula is C18H18F3N5O2S. The zero-order valence-corrected chi connectivity index (χ0v) is 16.8. The highest BCUT2D eigenvalue weighted by atomic mass is 32.2. The summed E-state index contributed by atoms with van der Waals surface area (Å²) in [7, 11) is 0.172. The normalized spacial score (nSPS) is 12.9. The molecule has 3 aromatic heterocycles. The first kappa shape index (κ1) is 20.9. The molecular weight excluding hydrogens is 407 g/mol. The lowest BCUT2D eigenvalue weighted by atomic mass is 10.3. The second kappa shape index (κ2) is 7.90. The van der Waals surface area contributed by atoms with Gasteiger partial charge in [0.05, 0.1) is 21.9 Å². The van der Waals surface area contributed by atoms with Gasteiger partial charge in [-0.25, -0.2) is 9.97 Å². The van der Waals surface area contributed by atoms with Crippen molar-refractivity contribution in [3.05, 3.63) is 36.2 Å². The molecule has 0 bridgehead atoms. The summed E-state index contributed by atoms with van der Waals surface area (Å²) >= 11 is 0.